The van der Waals surface area contributed by atoms with Gasteiger partial charge < -0.3 is 14.8 Å². The normalized spacial score (nSPS) is 15.7. The van der Waals surface area contributed by atoms with Gasteiger partial charge >= 0.3 is 0 Å². The Bertz CT molecular complexity index is 926. The van der Waals surface area contributed by atoms with Gasteiger partial charge in [-0.25, -0.2) is 16.8 Å². The molecule has 0 aromatic heterocycles. The Hall–Kier alpha value is -1.73. The lowest BCUT2D eigenvalue weighted by molar-refractivity contribution is -0.119. The highest BCUT2D eigenvalue weighted by molar-refractivity contribution is 7.92. The monoisotopic (exact) mass is 477 g/mol. The molecule has 0 aliphatic carbocycles. The Morgan fingerprint density at radius 1 is 1.16 bits per heavy atom. The van der Waals surface area contributed by atoms with Crippen molar-refractivity contribution in [2.75, 3.05) is 56.6 Å². The van der Waals surface area contributed by atoms with E-state index in [1.807, 2.05) is 13.8 Å². The zero-order chi connectivity index (χ0) is 23.1. The van der Waals surface area contributed by atoms with Gasteiger partial charge in [-0.2, -0.15) is 4.31 Å². The number of nitrogens with zero attached hydrogens (tertiary/aromatic N) is 2. The van der Waals surface area contributed by atoms with Crippen LogP contribution in [0.15, 0.2) is 29.2 Å². The molecule has 2 rings (SSSR count). The quantitative estimate of drug-likeness (QED) is 0.458. The fourth-order valence-corrected chi connectivity index (χ4v) is 5.19. The number of amides is 1. The summed E-state index contributed by atoms with van der Waals surface area (Å²) in [5.41, 5.74) is 0.210. The molecule has 0 saturated carbocycles. The maximum Gasteiger partial charge on any atom is 0.243 e. The highest BCUT2D eigenvalue weighted by Crippen LogP contribution is 2.23. The number of anilines is 1. The van der Waals surface area contributed by atoms with E-state index >= 15 is 0 Å². The van der Waals surface area contributed by atoms with Crippen LogP contribution < -0.4 is 9.62 Å². The van der Waals surface area contributed by atoms with Crippen LogP contribution in [-0.4, -0.2) is 85.4 Å². The van der Waals surface area contributed by atoms with Gasteiger partial charge in [0.15, 0.2) is 0 Å². The molecule has 1 heterocycles. The topological polar surface area (TPSA) is 122 Å². The Kier molecular flexibility index (Phi) is 9.25. The van der Waals surface area contributed by atoms with Gasteiger partial charge in [0.1, 0.15) is 6.54 Å². The third-order valence-corrected chi connectivity index (χ3v) is 7.57. The highest BCUT2D eigenvalue weighted by atomic mass is 32.2. The van der Waals surface area contributed by atoms with Crippen LogP contribution in [0.3, 0.4) is 0 Å². The second-order valence-corrected chi connectivity index (χ2v) is 11.2. The van der Waals surface area contributed by atoms with Crippen molar-refractivity contribution >= 4 is 31.6 Å². The summed E-state index contributed by atoms with van der Waals surface area (Å²) in [5.74, 6) is -0.458. The minimum absolute atomic E-state index is 0.0567. The number of carbonyl (C=O) groups is 1. The third kappa shape index (κ3) is 7.72. The summed E-state index contributed by atoms with van der Waals surface area (Å²) < 4.78 is 62.8. The fraction of sp³-hybridized carbons (Fsp3) is 0.632. The Balaban J connectivity index is 2.05. The molecule has 12 heteroatoms. The molecule has 0 atom stereocenters. The molecule has 1 aromatic rings. The van der Waals surface area contributed by atoms with Gasteiger partial charge in [0.05, 0.1) is 36.2 Å². The van der Waals surface area contributed by atoms with Gasteiger partial charge in [-0.05, 0) is 44.5 Å². The third-order valence-electron chi connectivity index (χ3n) is 4.51. The van der Waals surface area contributed by atoms with Crippen LogP contribution in [0.1, 0.15) is 20.3 Å². The summed E-state index contributed by atoms with van der Waals surface area (Å²) in [5, 5.41) is 2.67. The molecule has 1 aliphatic rings. The van der Waals surface area contributed by atoms with Gasteiger partial charge in [0.25, 0.3) is 0 Å². The average Bonchev–Trinajstić information content (AvgIpc) is 2.71. The predicted octanol–water partition coefficient (Wildman–Crippen LogP) is 0.405. The van der Waals surface area contributed by atoms with E-state index in [1.54, 1.807) is 0 Å². The summed E-state index contributed by atoms with van der Waals surface area (Å²) in [6, 6.07) is 5.47. The van der Waals surface area contributed by atoms with Crippen LogP contribution in [0.25, 0.3) is 0 Å². The van der Waals surface area contributed by atoms with Gasteiger partial charge in [0, 0.05) is 26.2 Å². The van der Waals surface area contributed by atoms with E-state index in [9.17, 15) is 21.6 Å². The second-order valence-electron chi connectivity index (χ2n) is 7.40. The van der Waals surface area contributed by atoms with Crippen molar-refractivity contribution in [2.24, 2.45) is 0 Å². The second kappa shape index (κ2) is 11.2. The molecule has 10 nitrogen and oxygen atoms in total. The summed E-state index contributed by atoms with van der Waals surface area (Å²) >= 11 is 0. The van der Waals surface area contributed by atoms with Crippen molar-refractivity contribution in [3.63, 3.8) is 0 Å². The number of benzene rings is 1. The zero-order valence-corrected chi connectivity index (χ0v) is 19.7. The number of nitrogens with one attached hydrogen (secondary N) is 1. The van der Waals surface area contributed by atoms with Crippen molar-refractivity contribution in [3.05, 3.63) is 24.3 Å². The molecule has 0 spiro atoms. The number of rotatable bonds is 11. The first-order chi connectivity index (χ1) is 14.5. The van der Waals surface area contributed by atoms with Crippen LogP contribution in [0.5, 0.6) is 0 Å². The molecule has 31 heavy (non-hydrogen) atoms. The lowest BCUT2D eigenvalue weighted by atomic mass is 10.3. The van der Waals surface area contributed by atoms with Crippen molar-refractivity contribution in [2.45, 2.75) is 31.3 Å². The van der Waals surface area contributed by atoms with Gasteiger partial charge in [-0.1, -0.05) is 0 Å². The molecule has 0 radical (unpaired) electrons. The minimum atomic E-state index is -3.76. The molecule has 0 unspecified atom stereocenters. The van der Waals surface area contributed by atoms with E-state index in [1.165, 1.54) is 28.6 Å². The van der Waals surface area contributed by atoms with Crippen LogP contribution in [-0.2, 0) is 34.3 Å². The molecule has 176 valence electrons. The first-order valence-electron chi connectivity index (χ1n) is 10.1. The molecule has 0 bridgehead atoms. The predicted molar refractivity (Wildman–Crippen MR) is 117 cm³/mol. The molecular formula is C19H31N3O7S2. The molecule has 1 fully saturated rings. The Morgan fingerprint density at radius 3 is 2.32 bits per heavy atom. The summed E-state index contributed by atoms with van der Waals surface area (Å²) in [4.78, 5) is 12.3. The number of hydrogen-bond acceptors (Lipinski definition) is 7. The van der Waals surface area contributed by atoms with E-state index in [0.717, 1.165) is 10.6 Å². The Labute approximate surface area is 184 Å². The first kappa shape index (κ1) is 25.5. The molecule has 1 aromatic carbocycles. The van der Waals surface area contributed by atoms with E-state index < -0.39 is 32.5 Å². The lowest BCUT2D eigenvalue weighted by Crippen LogP contribution is -2.41. The maximum atomic E-state index is 12.7. The molecule has 1 amide bonds. The van der Waals surface area contributed by atoms with E-state index in [4.69, 9.17) is 9.47 Å². The SMILES string of the molecule is CC(C)OCCCNC(=O)CN(c1ccc(S(=O)(=O)N2CCOCC2)cc1)S(C)(=O)=O. The number of hydrogen-bond donors (Lipinski definition) is 1. The van der Waals surface area contributed by atoms with Crippen molar-refractivity contribution < 1.29 is 31.1 Å². The number of sulfonamides is 2. The van der Waals surface area contributed by atoms with Crippen molar-refractivity contribution in [3.8, 4) is 0 Å². The van der Waals surface area contributed by atoms with Crippen LogP contribution >= 0.6 is 0 Å². The van der Waals surface area contributed by atoms with E-state index in [0.29, 0.717) is 32.8 Å². The van der Waals surface area contributed by atoms with Crippen molar-refractivity contribution in [1.29, 1.82) is 0 Å². The highest BCUT2D eigenvalue weighted by Gasteiger charge is 2.27. The van der Waals surface area contributed by atoms with Gasteiger partial charge in [-0.15, -0.1) is 0 Å². The van der Waals surface area contributed by atoms with Gasteiger partial charge in [0.2, 0.25) is 26.0 Å². The maximum absolute atomic E-state index is 12.7. The van der Waals surface area contributed by atoms with Crippen LogP contribution in [0, 0.1) is 0 Å². The van der Waals surface area contributed by atoms with Crippen molar-refractivity contribution in [1.82, 2.24) is 9.62 Å². The largest absolute Gasteiger partial charge is 0.379 e. The standard InChI is InChI=1S/C19H31N3O7S2/c1-16(2)29-12-4-9-20-19(23)15-22(30(3,24)25)17-5-7-18(8-6-17)31(26,27)21-10-13-28-14-11-21/h5-8,16H,4,9-15H2,1-3H3,(H,20,23). The average molecular weight is 478 g/mol. The zero-order valence-electron chi connectivity index (χ0n) is 18.1. The summed E-state index contributed by atoms with van der Waals surface area (Å²) in [7, 11) is -7.45. The first-order valence-corrected chi connectivity index (χ1v) is 13.3. The number of ether oxygens (including phenoxy) is 2. The summed E-state index contributed by atoms with van der Waals surface area (Å²) in [6.45, 7) is 5.48. The van der Waals surface area contributed by atoms with E-state index in [2.05, 4.69) is 5.32 Å². The summed E-state index contributed by atoms with van der Waals surface area (Å²) in [6.07, 6.45) is 1.71. The van der Waals surface area contributed by atoms with Crippen LogP contribution in [0.2, 0.25) is 0 Å². The Morgan fingerprint density at radius 2 is 1.77 bits per heavy atom. The molecular weight excluding hydrogens is 446 g/mol. The van der Waals surface area contributed by atoms with E-state index in [-0.39, 0.29) is 29.8 Å². The fourth-order valence-electron chi connectivity index (χ4n) is 2.93. The molecule has 1 N–H and O–H groups in total. The number of carbonyl (C=O) groups excluding carboxylic acids is 1. The molecule has 1 saturated heterocycles. The minimum Gasteiger partial charge on any atom is -0.379 e. The van der Waals surface area contributed by atoms with Crippen LogP contribution in [0.4, 0.5) is 5.69 Å². The van der Waals surface area contributed by atoms with Gasteiger partial charge in [-0.3, -0.25) is 9.10 Å². The number of morpholine rings is 1. The lowest BCUT2D eigenvalue weighted by Gasteiger charge is -2.26. The molecule has 1 aliphatic heterocycles. The smallest absolute Gasteiger partial charge is 0.243 e.